The van der Waals surface area contributed by atoms with Gasteiger partial charge in [0, 0.05) is 46.0 Å². The standard InChI is InChI=1S/C24H23N5O6S/c1-24(2,3)21-19(10-14-8-13-6-4-5-7-17(13)26-22(14)31)36-23(27-21)25-12-15-9-16(28(32)33)11-18(20(15)30)29(34)35/h4-9,11,30H,10,12H2,1-3H3,(H,25,27)(H,26,31). The maximum Gasteiger partial charge on any atom is 0.317 e. The fourth-order valence-corrected chi connectivity index (χ4v) is 5.03. The zero-order valence-electron chi connectivity index (χ0n) is 19.7. The van der Waals surface area contributed by atoms with E-state index in [9.17, 15) is 30.1 Å². The second-order valence-corrected chi connectivity index (χ2v) is 10.4. The molecule has 0 aliphatic rings. The highest BCUT2D eigenvalue weighted by atomic mass is 32.1. The third-order valence-electron chi connectivity index (χ3n) is 5.58. The van der Waals surface area contributed by atoms with Crippen molar-refractivity contribution in [2.75, 3.05) is 5.32 Å². The van der Waals surface area contributed by atoms with Gasteiger partial charge in [-0.25, -0.2) is 4.98 Å². The number of aromatic amines is 1. The first-order chi connectivity index (χ1) is 16.9. The summed E-state index contributed by atoms with van der Waals surface area (Å²) in [7, 11) is 0. The number of rotatable bonds is 7. The van der Waals surface area contributed by atoms with Crippen LogP contribution in [0.2, 0.25) is 0 Å². The van der Waals surface area contributed by atoms with Crippen molar-refractivity contribution in [1.82, 2.24) is 9.97 Å². The monoisotopic (exact) mass is 509 g/mol. The van der Waals surface area contributed by atoms with E-state index in [1.165, 1.54) is 11.3 Å². The molecule has 0 radical (unpaired) electrons. The number of hydrogen-bond acceptors (Lipinski definition) is 9. The number of nitrogens with one attached hydrogen (secondary N) is 2. The lowest BCUT2D eigenvalue weighted by Gasteiger charge is -2.17. The molecule has 0 unspecified atom stereocenters. The molecule has 4 aromatic rings. The summed E-state index contributed by atoms with van der Waals surface area (Å²) in [5.41, 5.74) is 0.329. The topological polar surface area (TPSA) is 164 Å². The number of non-ortho nitro benzene ring substituents is 1. The Bertz CT molecular complexity index is 1550. The van der Waals surface area contributed by atoms with Crippen LogP contribution in [0.1, 0.15) is 42.5 Å². The molecular formula is C24H23N5O6S. The van der Waals surface area contributed by atoms with E-state index in [2.05, 4.69) is 15.3 Å². The number of nitro groups is 2. The Labute approximate surface area is 208 Å². The summed E-state index contributed by atoms with van der Waals surface area (Å²) >= 11 is 1.32. The van der Waals surface area contributed by atoms with Crippen LogP contribution in [0.3, 0.4) is 0 Å². The van der Waals surface area contributed by atoms with Crippen molar-refractivity contribution in [2.45, 2.75) is 39.2 Å². The van der Waals surface area contributed by atoms with Crippen molar-refractivity contribution in [3.63, 3.8) is 0 Å². The summed E-state index contributed by atoms with van der Waals surface area (Å²) in [4.78, 5) is 41.9. The number of H-pyrrole nitrogens is 1. The van der Waals surface area contributed by atoms with Gasteiger partial charge in [0.25, 0.3) is 11.2 Å². The van der Waals surface area contributed by atoms with Crippen molar-refractivity contribution in [2.24, 2.45) is 0 Å². The molecule has 0 saturated heterocycles. The van der Waals surface area contributed by atoms with E-state index >= 15 is 0 Å². The Morgan fingerprint density at radius 2 is 1.81 bits per heavy atom. The number of para-hydroxylation sites is 1. The number of nitro benzene ring substituents is 2. The molecule has 0 aliphatic carbocycles. The fraction of sp³-hybridized carbons (Fsp3) is 0.250. The highest BCUT2D eigenvalue weighted by Crippen LogP contribution is 2.37. The molecule has 0 bridgehead atoms. The van der Waals surface area contributed by atoms with Gasteiger partial charge >= 0.3 is 5.69 Å². The second-order valence-electron chi connectivity index (χ2n) is 9.27. The van der Waals surface area contributed by atoms with E-state index in [1.807, 2.05) is 51.1 Å². The molecular weight excluding hydrogens is 486 g/mol. The SMILES string of the molecule is CC(C)(C)c1nc(NCc2cc([N+](=O)[O-])cc([N+](=O)[O-])c2O)sc1Cc1cc2ccccc2[nH]c1=O. The van der Waals surface area contributed by atoms with Crippen molar-refractivity contribution in [1.29, 1.82) is 0 Å². The van der Waals surface area contributed by atoms with Gasteiger partial charge in [0.2, 0.25) is 0 Å². The maximum absolute atomic E-state index is 12.7. The molecule has 3 N–H and O–H groups in total. The van der Waals surface area contributed by atoms with Crippen LogP contribution in [0.15, 0.2) is 47.3 Å². The minimum Gasteiger partial charge on any atom is -0.502 e. The predicted molar refractivity (Wildman–Crippen MR) is 137 cm³/mol. The number of benzene rings is 2. The summed E-state index contributed by atoms with van der Waals surface area (Å²) in [5, 5.41) is 37.1. The molecule has 12 heteroatoms. The molecule has 2 aromatic heterocycles. The quantitative estimate of drug-likeness (QED) is 0.231. The highest BCUT2D eigenvalue weighted by molar-refractivity contribution is 7.15. The number of aromatic hydroxyl groups is 1. The maximum atomic E-state index is 12.7. The van der Waals surface area contributed by atoms with E-state index in [4.69, 9.17) is 0 Å². The molecule has 2 heterocycles. The van der Waals surface area contributed by atoms with Crippen LogP contribution in [0.25, 0.3) is 10.9 Å². The van der Waals surface area contributed by atoms with Crippen molar-refractivity contribution in [3.05, 3.63) is 94.7 Å². The van der Waals surface area contributed by atoms with Crippen LogP contribution in [0.5, 0.6) is 5.75 Å². The highest BCUT2D eigenvalue weighted by Gasteiger charge is 2.26. The molecule has 0 fully saturated rings. The Balaban J connectivity index is 1.66. The summed E-state index contributed by atoms with van der Waals surface area (Å²) in [5.74, 6) is -0.645. The number of nitrogens with zero attached hydrogens (tertiary/aromatic N) is 3. The molecule has 11 nitrogen and oxygen atoms in total. The molecule has 2 aromatic carbocycles. The lowest BCUT2D eigenvalue weighted by atomic mass is 9.90. The van der Waals surface area contributed by atoms with Gasteiger partial charge in [0.15, 0.2) is 10.9 Å². The molecule has 0 spiro atoms. The van der Waals surface area contributed by atoms with E-state index in [-0.39, 0.29) is 23.1 Å². The summed E-state index contributed by atoms with van der Waals surface area (Å²) < 4.78 is 0. The minimum absolute atomic E-state index is 0.00377. The number of hydrogen-bond donors (Lipinski definition) is 3. The first-order valence-corrected chi connectivity index (χ1v) is 11.8. The number of fused-ring (bicyclic) bond motifs is 1. The van der Waals surface area contributed by atoms with Crippen LogP contribution in [-0.4, -0.2) is 24.9 Å². The van der Waals surface area contributed by atoms with Crippen molar-refractivity contribution in [3.8, 4) is 5.75 Å². The van der Waals surface area contributed by atoms with E-state index in [1.54, 1.807) is 0 Å². The number of phenols is 1. The van der Waals surface area contributed by atoms with Crippen molar-refractivity contribution < 1.29 is 15.0 Å². The van der Waals surface area contributed by atoms with E-state index in [0.29, 0.717) is 17.1 Å². The Kier molecular flexibility index (Phi) is 6.46. The lowest BCUT2D eigenvalue weighted by molar-refractivity contribution is -0.394. The number of pyridine rings is 1. The third-order valence-corrected chi connectivity index (χ3v) is 6.59. The Hall–Kier alpha value is -4.32. The Morgan fingerprint density at radius 1 is 1.08 bits per heavy atom. The van der Waals surface area contributed by atoms with Gasteiger partial charge in [0.1, 0.15) is 0 Å². The zero-order valence-corrected chi connectivity index (χ0v) is 20.5. The van der Waals surface area contributed by atoms with Crippen LogP contribution in [0, 0.1) is 20.2 Å². The van der Waals surface area contributed by atoms with Crippen molar-refractivity contribution >= 4 is 38.7 Å². The zero-order chi connectivity index (χ0) is 26.2. The van der Waals surface area contributed by atoms with Crippen LogP contribution >= 0.6 is 11.3 Å². The number of thiazole rings is 1. The van der Waals surface area contributed by atoms with E-state index < -0.39 is 27.0 Å². The second kappa shape index (κ2) is 9.38. The van der Waals surface area contributed by atoms with Gasteiger partial charge in [-0.05, 0) is 17.5 Å². The van der Waals surface area contributed by atoms with Gasteiger partial charge < -0.3 is 15.4 Å². The first kappa shape index (κ1) is 24.8. The van der Waals surface area contributed by atoms with Gasteiger partial charge in [-0.15, -0.1) is 11.3 Å². The van der Waals surface area contributed by atoms with Gasteiger partial charge in [-0.2, -0.15) is 0 Å². The lowest BCUT2D eigenvalue weighted by Crippen LogP contribution is -2.17. The number of aromatic nitrogens is 2. The van der Waals surface area contributed by atoms with Crippen LogP contribution in [-0.2, 0) is 18.4 Å². The molecule has 0 saturated carbocycles. The molecule has 186 valence electrons. The third kappa shape index (κ3) is 5.03. The number of anilines is 1. The predicted octanol–water partition coefficient (Wildman–Crippen LogP) is 5.01. The summed E-state index contributed by atoms with van der Waals surface area (Å²) in [6.45, 7) is 5.86. The van der Waals surface area contributed by atoms with Gasteiger partial charge in [0.05, 0.1) is 21.6 Å². The summed E-state index contributed by atoms with van der Waals surface area (Å²) in [6, 6.07) is 11.2. The van der Waals surface area contributed by atoms with Gasteiger partial charge in [-0.1, -0.05) is 39.0 Å². The average molecular weight is 510 g/mol. The minimum atomic E-state index is -0.869. The normalized spacial score (nSPS) is 11.5. The fourth-order valence-electron chi connectivity index (χ4n) is 3.84. The summed E-state index contributed by atoms with van der Waals surface area (Å²) in [6.07, 6.45) is 0.347. The molecule has 36 heavy (non-hydrogen) atoms. The Morgan fingerprint density at radius 3 is 2.47 bits per heavy atom. The van der Waals surface area contributed by atoms with Crippen LogP contribution in [0.4, 0.5) is 16.5 Å². The average Bonchev–Trinajstić information content (AvgIpc) is 3.21. The largest absolute Gasteiger partial charge is 0.502 e. The van der Waals surface area contributed by atoms with E-state index in [0.717, 1.165) is 33.6 Å². The molecule has 0 atom stereocenters. The molecule has 0 aliphatic heterocycles. The first-order valence-electron chi connectivity index (χ1n) is 10.9. The molecule has 4 rings (SSSR count). The van der Waals surface area contributed by atoms with Crippen LogP contribution < -0.4 is 10.9 Å². The smallest absolute Gasteiger partial charge is 0.317 e. The number of phenolic OH excluding ortho intramolecular Hbond substituents is 1. The molecule has 0 amide bonds. The van der Waals surface area contributed by atoms with Gasteiger partial charge in [-0.3, -0.25) is 25.0 Å².